The topological polar surface area (TPSA) is 93.0 Å². The molecule has 106 valence electrons. The zero-order chi connectivity index (χ0) is 14.1. The van der Waals surface area contributed by atoms with Gasteiger partial charge in [0.2, 0.25) is 11.6 Å². The average Bonchev–Trinajstić information content (AvgIpc) is 2.38. The molecular weight excluding hydrogens is 246 g/mol. The van der Waals surface area contributed by atoms with Crippen LogP contribution >= 0.6 is 0 Å². The van der Waals surface area contributed by atoms with E-state index in [0.29, 0.717) is 13.1 Å². The Balaban J connectivity index is 2.70. The van der Waals surface area contributed by atoms with Crippen molar-refractivity contribution in [2.45, 2.75) is 39.5 Å². The molecule has 7 nitrogen and oxygen atoms in total. The van der Waals surface area contributed by atoms with Crippen molar-refractivity contribution in [3.63, 3.8) is 0 Å². The normalized spacial score (nSPS) is 10.2. The SMILES string of the molecule is CCCCCCNc1ncnc(NCC)c1[N+](=O)[O-]. The van der Waals surface area contributed by atoms with Crippen LogP contribution in [0.15, 0.2) is 6.33 Å². The third-order valence-electron chi connectivity index (χ3n) is 2.67. The van der Waals surface area contributed by atoms with Crippen molar-refractivity contribution in [2.75, 3.05) is 23.7 Å². The van der Waals surface area contributed by atoms with E-state index in [4.69, 9.17) is 0 Å². The zero-order valence-corrected chi connectivity index (χ0v) is 11.5. The molecule has 0 aliphatic heterocycles. The van der Waals surface area contributed by atoms with Crippen molar-refractivity contribution in [1.29, 1.82) is 0 Å². The quantitative estimate of drug-likeness (QED) is 0.406. The Morgan fingerprint density at radius 3 is 2.42 bits per heavy atom. The van der Waals surface area contributed by atoms with Crippen molar-refractivity contribution in [2.24, 2.45) is 0 Å². The van der Waals surface area contributed by atoms with Gasteiger partial charge in [-0.05, 0) is 13.3 Å². The molecule has 0 unspecified atom stereocenters. The summed E-state index contributed by atoms with van der Waals surface area (Å²) in [7, 11) is 0. The second kappa shape index (κ2) is 8.23. The van der Waals surface area contributed by atoms with Gasteiger partial charge in [-0.25, -0.2) is 9.97 Å². The zero-order valence-electron chi connectivity index (χ0n) is 11.5. The minimum absolute atomic E-state index is 0.0835. The molecule has 0 spiro atoms. The van der Waals surface area contributed by atoms with Crippen LogP contribution in [-0.4, -0.2) is 28.0 Å². The predicted molar refractivity (Wildman–Crippen MR) is 75.5 cm³/mol. The van der Waals surface area contributed by atoms with E-state index in [2.05, 4.69) is 27.5 Å². The molecular formula is C12H21N5O2. The van der Waals surface area contributed by atoms with Gasteiger partial charge < -0.3 is 10.6 Å². The third kappa shape index (κ3) is 4.69. The Kier molecular flexibility index (Phi) is 6.56. The van der Waals surface area contributed by atoms with Gasteiger partial charge in [-0.15, -0.1) is 0 Å². The van der Waals surface area contributed by atoms with Crippen LogP contribution in [0.3, 0.4) is 0 Å². The number of nitro groups is 1. The van der Waals surface area contributed by atoms with Crippen molar-refractivity contribution in [3.8, 4) is 0 Å². The Bertz CT molecular complexity index is 411. The van der Waals surface area contributed by atoms with E-state index in [1.54, 1.807) is 0 Å². The first-order valence-corrected chi connectivity index (χ1v) is 6.67. The molecule has 0 saturated heterocycles. The molecule has 0 aliphatic rings. The molecule has 2 N–H and O–H groups in total. The number of rotatable bonds is 9. The number of hydrogen-bond donors (Lipinski definition) is 2. The Labute approximate surface area is 113 Å². The third-order valence-corrected chi connectivity index (χ3v) is 2.67. The van der Waals surface area contributed by atoms with Gasteiger partial charge in [0, 0.05) is 13.1 Å². The lowest BCUT2D eigenvalue weighted by Crippen LogP contribution is -2.10. The summed E-state index contributed by atoms with van der Waals surface area (Å²) in [6, 6.07) is 0. The fourth-order valence-corrected chi connectivity index (χ4v) is 1.74. The summed E-state index contributed by atoms with van der Waals surface area (Å²) in [6.07, 6.45) is 5.77. The van der Waals surface area contributed by atoms with Crippen LogP contribution in [0.5, 0.6) is 0 Å². The van der Waals surface area contributed by atoms with E-state index in [9.17, 15) is 10.1 Å². The first-order valence-electron chi connectivity index (χ1n) is 6.67. The predicted octanol–water partition coefficient (Wildman–Crippen LogP) is 2.81. The van der Waals surface area contributed by atoms with E-state index in [1.807, 2.05) is 6.92 Å². The molecule has 0 aliphatic carbocycles. The molecule has 0 fully saturated rings. The van der Waals surface area contributed by atoms with Gasteiger partial charge in [-0.1, -0.05) is 26.2 Å². The summed E-state index contributed by atoms with van der Waals surface area (Å²) >= 11 is 0. The van der Waals surface area contributed by atoms with E-state index >= 15 is 0 Å². The lowest BCUT2D eigenvalue weighted by atomic mass is 10.2. The molecule has 1 aromatic rings. The van der Waals surface area contributed by atoms with Gasteiger partial charge in [0.05, 0.1) is 4.92 Å². The number of nitrogens with zero attached hydrogens (tertiary/aromatic N) is 3. The van der Waals surface area contributed by atoms with Gasteiger partial charge in [-0.2, -0.15) is 0 Å². The fourth-order valence-electron chi connectivity index (χ4n) is 1.74. The minimum Gasteiger partial charge on any atom is -0.364 e. The van der Waals surface area contributed by atoms with E-state index in [-0.39, 0.29) is 17.3 Å². The maximum Gasteiger partial charge on any atom is 0.353 e. The lowest BCUT2D eigenvalue weighted by Gasteiger charge is -2.08. The number of hydrogen-bond acceptors (Lipinski definition) is 6. The molecule has 1 heterocycles. The summed E-state index contributed by atoms with van der Waals surface area (Å²) in [5.74, 6) is 0.547. The van der Waals surface area contributed by atoms with Crippen molar-refractivity contribution >= 4 is 17.3 Å². The molecule has 1 aromatic heterocycles. The van der Waals surface area contributed by atoms with E-state index in [1.165, 1.54) is 12.7 Å². The molecule has 0 aromatic carbocycles. The van der Waals surface area contributed by atoms with Crippen LogP contribution in [0.1, 0.15) is 39.5 Å². The first kappa shape index (κ1) is 15.1. The first-order chi connectivity index (χ1) is 9.20. The van der Waals surface area contributed by atoms with Gasteiger partial charge in [0.25, 0.3) is 0 Å². The van der Waals surface area contributed by atoms with Crippen LogP contribution < -0.4 is 10.6 Å². The maximum absolute atomic E-state index is 11.1. The maximum atomic E-state index is 11.1. The van der Waals surface area contributed by atoms with Crippen LogP contribution in [0.2, 0.25) is 0 Å². The summed E-state index contributed by atoms with van der Waals surface area (Å²) in [6.45, 7) is 5.27. The molecule has 1 rings (SSSR count). The van der Waals surface area contributed by atoms with Crippen LogP contribution in [0.4, 0.5) is 17.3 Å². The van der Waals surface area contributed by atoms with Crippen molar-refractivity contribution in [3.05, 3.63) is 16.4 Å². The van der Waals surface area contributed by atoms with Gasteiger partial charge >= 0.3 is 5.69 Å². The molecule has 0 amide bonds. The van der Waals surface area contributed by atoms with Crippen LogP contribution in [-0.2, 0) is 0 Å². The highest BCUT2D eigenvalue weighted by molar-refractivity contribution is 5.69. The summed E-state index contributed by atoms with van der Waals surface area (Å²) < 4.78 is 0. The Morgan fingerprint density at radius 1 is 1.16 bits per heavy atom. The summed E-state index contributed by atoms with van der Waals surface area (Å²) in [5.41, 5.74) is -0.0835. The highest BCUT2D eigenvalue weighted by Gasteiger charge is 2.21. The fraction of sp³-hybridized carbons (Fsp3) is 0.667. The van der Waals surface area contributed by atoms with E-state index in [0.717, 1.165) is 19.3 Å². The largest absolute Gasteiger partial charge is 0.364 e. The van der Waals surface area contributed by atoms with Crippen molar-refractivity contribution in [1.82, 2.24) is 9.97 Å². The molecule has 0 bridgehead atoms. The number of aromatic nitrogens is 2. The number of unbranched alkanes of at least 4 members (excludes halogenated alkanes) is 3. The van der Waals surface area contributed by atoms with Crippen LogP contribution in [0.25, 0.3) is 0 Å². The Hall–Kier alpha value is -1.92. The van der Waals surface area contributed by atoms with Gasteiger partial charge in [0.1, 0.15) is 6.33 Å². The van der Waals surface area contributed by atoms with Crippen LogP contribution in [0, 0.1) is 10.1 Å². The standard InChI is InChI=1S/C12H21N5O2/c1-3-5-6-7-8-14-12-10(17(18)19)11(13-4-2)15-9-16-12/h9H,3-8H2,1-2H3,(H2,13,14,15,16). The molecule has 0 saturated carbocycles. The number of nitrogens with one attached hydrogen (secondary N) is 2. The van der Waals surface area contributed by atoms with E-state index < -0.39 is 4.92 Å². The number of anilines is 2. The molecule has 19 heavy (non-hydrogen) atoms. The lowest BCUT2D eigenvalue weighted by molar-refractivity contribution is -0.383. The van der Waals surface area contributed by atoms with Crippen molar-refractivity contribution < 1.29 is 4.92 Å². The van der Waals surface area contributed by atoms with Gasteiger partial charge in [-0.3, -0.25) is 10.1 Å². The highest BCUT2D eigenvalue weighted by atomic mass is 16.6. The summed E-state index contributed by atoms with van der Waals surface area (Å²) in [5, 5.41) is 17.0. The Morgan fingerprint density at radius 2 is 1.84 bits per heavy atom. The second-order valence-electron chi connectivity index (χ2n) is 4.19. The van der Waals surface area contributed by atoms with Gasteiger partial charge in [0.15, 0.2) is 0 Å². The smallest absolute Gasteiger partial charge is 0.353 e. The molecule has 0 atom stereocenters. The second-order valence-corrected chi connectivity index (χ2v) is 4.19. The summed E-state index contributed by atoms with van der Waals surface area (Å²) in [4.78, 5) is 18.5. The minimum atomic E-state index is -0.452. The molecule has 0 radical (unpaired) electrons. The average molecular weight is 267 g/mol. The monoisotopic (exact) mass is 267 g/mol. The molecule has 7 heteroatoms. The highest BCUT2D eigenvalue weighted by Crippen LogP contribution is 2.28.